The number of hydrogen-bond acceptors (Lipinski definition) is 3. The third kappa shape index (κ3) is 4.55. The Bertz CT molecular complexity index is 548. The summed E-state index contributed by atoms with van der Waals surface area (Å²) < 4.78 is 0. The van der Waals surface area contributed by atoms with E-state index in [1.54, 1.807) is 6.08 Å². The SMILES string of the molecule is O=CCN(NC(=O)C1CCCC1)C(=O)C=Cc1ccccc1. The van der Waals surface area contributed by atoms with E-state index in [2.05, 4.69) is 5.43 Å². The summed E-state index contributed by atoms with van der Waals surface area (Å²) in [4.78, 5) is 34.9. The summed E-state index contributed by atoms with van der Waals surface area (Å²) in [6, 6.07) is 9.36. The maximum absolute atomic E-state index is 12.1. The lowest BCUT2D eigenvalue weighted by Gasteiger charge is -2.21. The van der Waals surface area contributed by atoms with Gasteiger partial charge in [-0.1, -0.05) is 43.2 Å². The smallest absolute Gasteiger partial charge is 0.265 e. The number of nitrogens with one attached hydrogen (secondary N) is 1. The Balaban J connectivity index is 1.97. The first-order chi connectivity index (χ1) is 10.7. The van der Waals surface area contributed by atoms with E-state index in [-0.39, 0.29) is 18.4 Å². The lowest BCUT2D eigenvalue weighted by Crippen LogP contribution is -2.48. The van der Waals surface area contributed by atoms with Gasteiger partial charge in [0, 0.05) is 12.0 Å². The average Bonchev–Trinajstić information content (AvgIpc) is 3.07. The van der Waals surface area contributed by atoms with Gasteiger partial charge in [-0.25, -0.2) is 5.01 Å². The molecule has 0 aromatic heterocycles. The van der Waals surface area contributed by atoms with E-state index in [4.69, 9.17) is 0 Å². The van der Waals surface area contributed by atoms with Crippen LogP contribution in [0.3, 0.4) is 0 Å². The predicted molar refractivity (Wildman–Crippen MR) is 83.4 cm³/mol. The van der Waals surface area contributed by atoms with Crippen LogP contribution in [0.25, 0.3) is 6.08 Å². The van der Waals surface area contributed by atoms with E-state index in [1.807, 2.05) is 30.3 Å². The molecule has 5 heteroatoms. The molecule has 1 aliphatic rings. The average molecular weight is 300 g/mol. The molecule has 22 heavy (non-hydrogen) atoms. The number of nitrogens with zero attached hydrogens (tertiary/aromatic N) is 1. The molecule has 0 atom stereocenters. The molecular formula is C17H20N2O3. The van der Waals surface area contributed by atoms with Crippen molar-refractivity contribution in [2.75, 3.05) is 6.54 Å². The van der Waals surface area contributed by atoms with Gasteiger partial charge in [-0.2, -0.15) is 0 Å². The van der Waals surface area contributed by atoms with Crippen molar-refractivity contribution in [2.45, 2.75) is 25.7 Å². The molecule has 1 aromatic rings. The molecule has 2 amide bonds. The van der Waals surface area contributed by atoms with Gasteiger partial charge in [0.25, 0.3) is 5.91 Å². The molecule has 1 N–H and O–H groups in total. The van der Waals surface area contributed by atoms with Crippen LogP contribution in [0.4, 0.5) is 0 Å². The van der Waals surface area contributed by atoms with Crippen LogP contribution < -0.4 is 5.43 Å². The second kappa shape index (κ2) is 8.12. The van der Waals surface area contributed by atoms with Gasteiger partial charge in [0.15, 0.2) is 0 Å². The molecule has 0 bridgehead atoms. The monoisotopic (exact) mass is 300 g/mol. The van der Waals surface area contributed by atoms with Gasteiger partial charge in [0.1, 0.15) is 6.29 Å². The van der Waals surface area contributed by atoms with Crippen LogP contribution in [0.2, 0.25) is 0 Å². The van der Waals surface area contributed by atoms with E-state index >= 15 is 0 Å². The summed E-state index contributed by atoms with van der Waals surface area (Å²) in [5, 5.41) is 1.06. The Morgan fingerprint density at radius 1 is 1.18 bits per heavy atom. The minimum atomic E-state index is -0.415. The molecule has 116 valence electrons. The molecule has 0 unspecified atom stereocenters. The van der Waals surface area contributed by atoms with E-state index in [1.165, 1.54) is 6.08 Å². The van der Waals surface area contributed by atoms with Gasteiger partial charge in [0.2, 0.25) is 5.91 Å². The Morgan fingerprint density at radius 3 is 2.50 bits per heavy atom. The standard InChI is InChI=1S/C17H20N2O3/c20-13-12-19(18-17(22)15-8-4-5-9-15)16(21)11-10-14-6-2-1-3-7-14/h1-3,6-7,10-11,13,15H,4-5,8-9,12H2,(H,18,22). The second-order valence-electron chi connectivity index (χ2n) is 5.32. The zero-order valence-corrected chi connectivity index (χ0v) is 12.4. The third-order valence-electron chi connectivity index (χ3n) is 3.71. The first-order valence-electron chi connectivity index (χ1n) is 7.49. The van der Waals surface area contributed by atoms with E-state index in [0.29, 0.717) is 6.29 Å². The maximum Gasteiger partial charge on any atom is 0.265 e. The Labute approximate surface area is 130 Å². The quantitative estimate of drug-likeness (QED) is 0.513. The highest BCUT2D eigenvalue weighted by Gasteiger charge is 2.25. The fourth-order valence-corrected chi connectivity index (χ4v) is 2.50. The number of hydrazine groups is 1. The van der Waals surface area contributed by atoms with Gasteiger partial charge in [-0.05, 0) is 24.5 Å². The molecule has 0 saturated heterocycles. The lowest BCUT2D eigenvalue weighted by atomic mass is 10.1. The molecular weight excluding hydrogens is 280 g/mol. The number of rotatable bonds is 5. The first-order valence-corrected chi connectivity index (χ1v) is 7.49. The van der Waals surface area contributed by atoms with Crippen LogP contribution in [0.15, 0.2) is 36.4 Å². The number of aldehydes is 1. The minimum absolute atomic E-state index is 0.0555. The maximum atomic E-state index is 12.1. The number of amides is 2. The summed E-state index contributed by atoms with van der Waals surface area (Å²) in [5.41, 5.74) is 3.44. The van der Waals surface area contributed by atoms with Crippen LogP contribution in [0.1, 0.15) is 31.2 Å². The largest absolute Gasteiger partial charge is 0.301 e. The van der Waals surface area contributed by atoms with Crippen LogP contribution in [0, 0.1) is 5.92 Å². The van der Waals surface area contributed by atoms with Crippen molar-refractivity contribution in [1.82, 2.24) is 10.4 Å². The first kappa shape index (κ1) is 15.9. The topological polar surface area (TPSA) is 66.5 Å². The van der Waals surface area contributed by atoms with Gasteiger partial charge >= 0.3 is 0 Å². The number of carbonyl (C=O) groups is 3. The van der Waals surface area contributed by atoms with Crippen LogP contribution in [-0.4, -0.2) is 29.7 Å². The molecule has 1 fully saturated rings. The summed E-state index contributed by atoms with van der Waals surface area (Å²) in [7, 11) is 0. The van der Waals surface area contributed by atoms with Crippen molar-refractivity contribution in [3.05, 3.63) is 42.0 Å². The second-order valence-corrected chi connectivity index (χ2v) is 5.32. The summed E-state index contributed by atoms with van der Waals surface area (Å²) in [6.07, 6.45) is 7.36. The highest BCUT2D eigenvalue weighted by Crippen LogP contribution is 2.24. The Hall–Kier alpha value is -2.43. The number of carbonyl (C=O) groups excluding carboxylic acids is 3. The molecule has 0 heterocycles. The Kier molecular flexibility index (Phi) is 5.89. The molecule has 1 aromatic carbocycles. The van der Waals surface area contributed by atoms with Gasteiger partial charge in [-0.3, -0.25) is 15.0 Å². The van der Waals surface area contributed by atoms with E-state index < -0.39 is 5.91 Å². The minimum Gasteiger partial charge on any atom is -0.301 e. The molecule has 0 spiro atoms. The van der Waals surface area contributed by atoms with E-state index in [0.717, 1.165) is 36.3 Å². The van der Waals surface area contributed by atoms with Crippen LogP contribution in [0.5, 0.6) is 0 Å². The van der Waals surface area contributed by atoms with Gasteiger partial charge in [0.05, 0.1) is 6.54 Å². The summed E-state index contributed by atoms with van der Waals surface area (Å²) in [5.74, 6) is -0.650. The van der Waals surface area contributed by atoms with Gasteiger partial charge < -0.3 is 4.79 Å². The molecule has 1 aliphatic carbocycles. The van der Waals surface area contributed by atoms with Crippen molar-refractivity contribution < 1.29 is 14.4 Å². The van der Waals surface area contributed by atoms with Crippen molar-refractivity contribution in [1.29, 1.82) is 0 Å². The normalized spacial score (nSPS) is 14.9. The zero-order valence-electron chi connectivity index (χ0n) is 12.4. The van der Waals surface area contributed by atoms with Crippen molar-refractivity contribution in [3.8, 4) is 0 Å². The Morgan fingerprint density at radius 2 is 1.86 bits per heavy atom. The highest BCUT2D eigenvalue weighted by atomic mass is 16.2. The highest BCUT2D eigenvalue weighted by molar-refractivity contribution is 5.94. The van der Waals surface area contributed by atoms with E-state index in [9.17, 15) is 14.4 Å². The van der Waals surface area contributed by atoms with Crippen LogP contribution in [-0.2, 0) is 14.4 Å². The number of benzene rings is 1. The lowest BCUT2D eigenvalue weighted by molar-refractivity contribution is -0.140. The fourth-order valence-electron chi connectivity index (χ4n) is 2.50. The van der Waals surface area contributed by atoms with Crippen LogP contribution >= 0.6 is 0 Å². The fraction of sp³-hybridized carbons (Fsp3) is 0.353. The third-order valence-corrected chi connectivity index (χ3v) is 3.71. The van der Waals surface area contributed by atoms with Gasteiger partial charge in [-0.15, -0.1) is 0 Å². The predicted octanol–water partition coefficient (Wildman–Crippen LogP) is 1.95. The molecule has 5 nitrogen and oxygen atoms in total. The van der Waals surface area contributed by atoms with Crippen molar-refractivity contribution >= 4 is 24.2 Å². The summed E-state index contributed by atoms with van der Waals surface area (Å²) in [6.45, 7) is -0.156. The number of hydrogen-bond donors (Lipinski definition) is 1. The molecule has 0 radical (unpaired) electrons. The zero-order chi connectivity index (χ0) is 15.8. The molecule has 2 rings (SSSR count). The summed E-state index contributed by atoms with van der Waals surface area (Å²) >= 11 is 0. The molecule has 1 saturated carbocycles. The molecule has 0 aliphatic heterocycles. The van der Waals surface area contributed by atoms with Crippen molar-refractivity contribution in [3.63, 3.8) is 0 Å². The van der Waals surface area contributed by atoms with Crippen molar-refractivity contribution in [2.24, 2.45) is 5.92 Å².